The van der Waals surface area contributed by atoms with Crippen LogP contribution in [0.1, 0.15) is 30.8 Å². The SMILES string of the molecule is Cc1nc(-c2cccc(Br)c2)nc(C)c1CNCC(C)C. The van der Waals surface area contributed by atoms with Crippen molar-refractivity contribution in [2.45, 2.75) is 34.2 Å². The van der Waals surface area contributed by atoms with E-state index in [1.165, 1.54) is 5.56 Å². The lowest BCUT2D eigenvalue weighted by Gasteiger charge is -2.13. The molecule has 21 heavy (non-hydrogen) atoms. The summed E-state index contributed by atoms with van der Waals surface area (Å²) in [4.78, 5) is 9.34. The van der Waals surface area contributed by atoms with Crippen LogP contribution in [0, 0.1) is 19.8 Å². The zero-order valence-corrected chi connectivity index (χ0v) is 14.7. The van der Waals surface area contributed by atoms with Gasteiger partial charge in [-0.15, -0.1) is 0 Å². The third kappa shape index (κ3) is 4.35. The molecule has 1 N–H and O–H groups in total. The fourth-order valence-electron chi connectivity index (χ4n) is 2.24. The molecule has 112 valence electrons. The van der Waals surface area contributed by atoms with Gasteiger partial charge in [0, 0.05) is 33.5 Å². The van der Waals surface area contributed by atoms with E-state index < -0.39 is 0 Å². The lowest BCUT2D eigenvalue weighted by atomic mass is 10.1. The fourth-order valence-corrected chi connectivity index (χ4v) is 2.64. The normalized spacial score (nSPS) is 11.1. The van der Waals surface area contributed by atoms with Gasteiger partial charge in [0.15, 0.2) is 5.82 Å². The van der Waals surface area contributed by atoms with Crippen molar-refractivity contribution >= 4 is 15.9 Å². The van der Waals surface area contributed by atoms with Crippen molar-refractivity contribution in [1.29, 1.82) is 0 Å². The Morgan fingerprint density at radius 3 is 2.38 bits per heavy atom. The van der Waals surface area contributed by atoms with Crippen molar-refractivity contribution in [3.8, 4) is 11.4 Å². The quantitative estimate of drug-likeness (QED) is 0.877. The topological polar surface area (TPSA) is 37.8 Å². The molecule has 4 heteroatoms. The Hall–Kier alpha value is -1.26. The summed E-state index contributed by atoms with van der Waals surface area (Å²) in [6.45, 7) is 10.4. The summed E-state index contributed by atoms with van der Waals surface area (Å²) in [6, 6.07) is 8.10. The number of aryl methyl sites for hydroxylation is 2. The third-order valence-corrected chi connectivity index (χ3v) is 3.85. The van der Waals surface area contributed by atoms with Gasteiger partial charge in [0.25, 0.3) is 0 Å². The molecular formula is C17H22BrN3. The molecule has 0 fully saturated rings. The minimum atomic E-state index is 0.646. The first-order valence-corrected chi connectivity index (χ1v) is 8.07. The van der Waals surface area contributed by atoms with Gasteiger partial charge in [-0.1, -0.05) is 41.9 Å². The van der Waals surface area contributed by atoms with Gasteiger partial charge < -0.3 is 5.32 Å². The molecule has 0 bridgehead atoms. The molecule has 2 rings (SSSR count). The summed E-state index contributed by atoms with van der Waals surface area (Å²) < 4.78 is 1.04. The molecule has 3 nitrogen and oxygen atoms in total. The number of hydrogen-bond donors (Lipinski definition) is 1. The van der Waals surface area contributed by atoms with E-state index in [1.54, 1.807) is 0 Å². The second-order valence-electron chi connectivity index (χ2n) is 5.73. The third-order valence-electron chi connectivity index (χ3n) is 3.36. The largest absolute Gasteiger partial charge is 0.312 e. The number of benzene rings is 1. The second kappa shape index (κ2) is 7.14. The molecule has 0 aliphatic rings. The molecule has 0 spiro atoms. The summed E-state index contributed by atoms with van der Waals surface area (Å²) in [6.07, 6.45) is 0. The standard InChI is InChI=1S/C17H22BrN3/c1-11(2)9-19-10-16-12(3)20-17(21-13(16)4)14-6-5-7-15(18)8-14/h5-8,11,19H,9-10H2,1-4H3. The fraction of sp³-hybridized carbons (Fsp3) is 0.412. The van der Waals surface area contributed by atoms with Gasteiger partial charge in [-0.05, 0) is 38.4 Å². The van der Waals surface area contributed by atoms with Gasteiger partial charge in [0.1, 0.15) is 0 Å². The van der Waals surface area contributed by atoms with Crippen LogP contribution in [-0.4, -0.2) is 16.5 Å². The number of nitrogens with one attached hydrogen (secondary N) is 1. The highest BCUT2D eigenvalue weighted by molar-refractivity contribution is 9.10. The summed E-state index contributed by atoms with van der Waals surface area (Å²) in [5, 5.41) is 3.46. The van der Waals surface area contributed by atoms with Gasteiger partial charge in [-0.25, -0.2) is 9.97 Å². The van der Waals surface area contributed by atoms with E-state index in [0.717, 1.165) is 40.3 Å². The molecule has 0 aliphatic heterocycles. The van der Waals surface area contributed by atoms with Gasteiger partial charge in [-0.2, -0.15) is 0 Å². The molecule has 0 amide bonds. The van der Waals surface area contributed by atoms with E-state index in [-0.39, 0.29) is 0 Å². The highest BCUT2D eigenvalue weighted by Crippen LogP contribution is 2.22. The number of halogens is 1. The number of rotatable bonds is 5. The van der Waals surface area contributed by atoms with Crippen LogP contribution in [0.2, 0.25) is 0 Å². The van der Waals surface area contributed by atoms with Gasteiger partial charge in [0.2, 0.25) is 0 Å². The van der Waals surface area contributed by atoms with Crippen LogP contribution in [0.5, 0.6) is 0 Å². The van der Waals surface area contributed by atoms with E-state index in [2.05, 4.69) is 58.9 Å². The first kappa shape index (κ1) is 16.1. The summed E-state index contributed by atoms with van der Waals surface area (Å²) in [7, 11) is 0. The predicted octanol–water partition coefficient (Wildman–Crippen LogP) is 4.27. The Morgan fingerprint density at radius 2 is 1.81 bits per heavy atom. The molecule has 2 aromatic rings. The maximum absolute atomic E-state index is 4.67. The molecule has 1 heterocycles. The van der Waals surface area contributed by atoms with E-state index in [1.807, 2.05) is 24.3 Å². The second-order valence-corrected chi connectivity index (χ2v) is 6.65. The molecule has 0 saturated heterocycles. The minimum Gasteiger partial charge on any atom is -0.312 e. The predicted molar refractivity (Wildman–Crippen MR) is 91.2 cm³/mol. The Morgan fingerprint density at radius 1 is 1.14 bits per heavy atom. The molecule has 0 aliphatic carbocycles. The maximum atomic E-state index is 4.67. The van der Waals surface area contributed by atoms with Crippen LogP contribution in [0.25, 0.3) is 11.4 Å². The van der Waals surface area contributed by atoms with E-state index in [9.17, 15) is 0 Å². The van der Waals surface area contributed by atoms with Crippen LogP contribution in [0.15, 0.2) is 28.7 Å². The molecule has 0 atom stereocenters. The Bertz CT molecular complexity index is 600. The number of nitrogens with zero attached hydrogens (tertiary/aromatic N) is 2. The van der Waals surface area contributed by atoms with Gasteiger partial charge in [0.05, 0.1) is 0 Å². The molecular weight excluding hydrogens is 326 g/mol. The van der Waals surface area contributed by atoms with Gasteiger partial charge in [-0.3, -0.25) is 0 Å². The van der Waals surface area contributed by atoms with E-state index >= 15 is 0 Å². The number of aromatic nitrogens is 2. The highest BCUT2D eigenvalue weighted by Gasteiger charge is 2.10. The molecule has 0 saturated carbocycles. The molecule has 1 aromatic carbocycles. The molecule has 1 aromatic heterocycles. The zero-order chi connectivity index (χ0) is 15.4. The van der Waals surface area contributed by atoms with Crippen molar-refractivity contribution in [3.05, 3.63) is 45.7 Å². The summed E-state index contributed by atoms with van der Waals surface area (Å²) in [5.74, 6) is 1.44. The smallest absolute Gasteiger partial charge is 0.159 e. The Kier molecular flexibility index (Phi) is 5.48. The lowest BCUT2D eigenvalue weighted by Crippen LogP contribution is -2.21. The first-order chi connectivity index (χ1) is 9.97. The monoisotopic (exact) mass is 347 g/mol. The van der Waals surface area contributed by atoms with Crippen molar-refractivity contribution in [2.75, 3.05) is 6.54 Å². The molecule has 0 unspecified atom stereocenters. The van der Waals surface area contributed by atoms with Gasteiger partial charge >= 0.3 is 0 Å². The number of hydrogen-bond acceptors (Lipinski definition) is 3. The van der Waals surface area contributed by atoms with Crippen LogP contribution < -0.4 is 5.32 Å². The van der Waals surface area contributed by atoms with Crippen LogP contribution in [0.4, 0.5) is 0 Å². The van der Waals surface area contributed by atoms with E-state index in [4.69, 9.17) is 0 Å². The first-order valence-electron chi connectivity index (χ1n) is 7.28. The van der Waals surface area contributed by atoms with Crippen LogP contribution >= 0.6 is 15.9 Å². The van der Waals surface area contributed by atoms with Crippen molar-refractivity contribution in [3.63, 3.8) is 0 Å². The molecule has 0 radical (unpaired) electrons. The zero-order valence-electron chi connectivity index (χ0n) is 13.1. The summed E-state index contributed by atoms with van der Waals surface area (Å²) >= 11 is 3.49. The Balaban J connectivity index is 2.24. The van der Waals surface area contributed by atoms with Crippen LogP contribution in [0.3, 0.4) is 0 Å². The van der Waals surface area contributed by atoms with E-state index in [0.29, 0.717) is 5.92 Å². The summed E-state index contributed by atoms with van der Waals surface area (Å²) in [5.41, 5.74) is 4.34. The average molecular weight is 348 g/mol. The lowest BCUT2D eigenvalue weighted by molar-refractivity contribution is 0.549. The minimum absolute atomic E-state index is 0.646. The van der Waals surface area contributed by atoms with Crippen molar-refractivity contribution in [2.24, 2.45) is 5.92 Å². The van der Waals surface area contributed by atoms with Crippen LogP contribution in [-0.2, 0) is 6.54 Å². The Labute approximate surface area is 135 Å². The van der Waals surface area contributed by atoms with Crippen molar-refractivity contribution < 1.29 is 0 Å². The van der Waals surface area contributed by atoms with Crippen molar-refractivity contribution in [1.82, 2.24) is 15.3 Å². The highest BCUT2D eigenvalue weighted by atomic mass is 79.9. The maximum Gasteiger partial charge on any atom is 0.159 e. The average Bonchev–Trinajstić information content (AvgIpc) is 2.41.